The molecule has 0 spiro atoms. The minimum absolute atomic E-state index is 0.0586. The quantitative estimate of drug-likeness (QED) is 0.520. The van der Waals surface area contributed by atoms with Gasteiger partial charge in [0.2, 0.25) is 4.80 Å². The van der Waals surface area contributed by atoms with Crippen LogP contribution < -0.4 is 21.2 Å². The van der Waals surface area contributed by atoms with Gasteiger partial charge >= 0.3 is 11.5 Å². The molecule has 11 heteroatoms. The average molecular weight is 279 g/mol. The molecule has 0 radical (unpaired) electrons. The van der Waals surface area contributed by atoms with E-state index in [1.54, 1.807) is 0 Å². The number of anilines is 2. The van der Waals surface area contributed by atoms with E-state index in [1.165, 1.54) is 4.68 Å². The molecule has 0 unspecified atom stereocenters. The van der Waals surface area contributed by atoms with E-state index in [4.69, 9.17) is 10.5 Å². The predicted octanol–water partition coefficient (Wildman–Crippen LogP) is -0.986. The third kappa shape index (κ3) is 1.63. The molecule has 0 aromatic carbocycles. The lowest BCUT2D eigenvalue weighted by Gasteiger charge is -2.18. The van der Waals surface area contributed by atoms with Gasteiger partial charge in [-0.3, -0.25) is 21.1 Å². The molecular weight excluding hydrogens is 274 g/mol. The third-order valence-corrected chi connectivity index (χ3v) is 3.20. The fourth-order valence-corrected chi connectivity index (χ4v) is 2.28. The maximum absolute atomic E-state index is 11.7. The molecule has 4 N–H and O–H groups in total. The number of carboxylic acids is 1. The van der Waals surface area contributed by atoms with Crippen molar-refractivity contribution < 1.29 is 9.90 Å². The van der Waals surface area contributed by atoms with Crippen molar-refractivity contribution in [3.63, 3.8) is 0 Å². The highest BCUT2D eigenvalue weighted by molar-refractivity contribution is 7.11. The van der Waals surface area contributed by atoms with Crippen molar-refractivity contribution in [3.8, 4) is 5.00 Å². The van der Waals surface area contributed by atoms with Gasteiger partial charge in [0.05, 0.1) is 6.20 Å². The van der Waals surface area contributed by atoms with Crippen molar-refractivity contribution in [1.82, 2.24) is 20.0 Å². The van der Waals surface area contributed by atoms with Crippen LogP contribution in [0.1, 0.15) is 10.4 Å². The molecule has 2 aromatic heterocycles. The molecule has 1 aliphatic heterocycles. The number of carboxylic acid groups (broad SMARTS) is 1. The number of fused-ring (bicyclic) bond motifs is 3. The Morgan fingerprint density at radius 3 is 2.95 bits per heavy atom. The lowest BCUT2D eigenvalue weighted by atomic mass is 10.3. The summed E-state index contributed by atoms with van der Waals surface area (Å²) < 4.78 is 1.22. The highest BCUT2D eigenvalue weighted by Gasteiger charge is 2.25. The van der Waals surface area contributed by atoms with Crippen molar-refractivity contribution in [2.45, 2.75) is 0 Å². The Kier molecular flexibility index (Phi) is 2.28. The van der Waals surface area contributed by atoms with Gasteiger partial charge in [-0.2, -0.15) is 5.10 Å². The molecule has 0 amide bonds. The second-order valence-electron chi connectivity index (χ2n) is 3.47. The zero-order valence-electron chi connectivity index (χ0n) is 9.04. The van der Waals surface area contributed by atoms with Crippen molar-refractivity contribution >= 4 is 28.8 Å². The molecular formula is C8H5N7O3S. The molecule has 0 saturated heterocycles. The first-order valence-electron chi connectivity index (χ1n) is 4.88. The fourth-order valence-electron chi connectivity index (χ4n) is 1.55. The van der Waals surface area contributed by atoms with Crippen LogP contribution in [0.4, 0.5) is 11.5 Å². The van der Waals surface area contributed by atoms with Crippen molar-refractivity contribution in [3.05, 3.63) is 26.9 Å². The van der Waals surface area contributed by atoms with E-state index < -0.39 is 11.5 Å². The van der Waals surface area contributed by atoms with Gasteiger partial charge in [-0.15, -0.1) is 10.2 Å². The van der Waals surface area contributed by atoms with Gasteiger partial charge in [-0.25, -0.2) is 9.48 Å². The minimum atomic E-state index is -1.16. The summed E-state index contributed by atoms with van der Waals surface area (Å²) in [5, 5.41) is 27.4. The Labute approximate surface area is 107 Å². The van der Waals surface area contributed by atoms with E-state index in [2.05, 4.69) is 26.1 Å². The lowest BCUT2D eigenvalue weighted by molar-refractivity contribution is 0.0698. The number of carbonyl (C=O) groups is 1. The Morgan fingerprint density at radius 2 is 2.21 bits per heavy atom. The van der Waals surface area contributed by atoms with E-state index in [9.17, 15) is 9.59 Å². The molecule has 3 heterocycles. The predicted molar refractivity (Wildman–Crippen MR) is 63.4 cm³/mol. The first-order valence-corrected chi connectivity index (χ1v) is 5.70. The number of nitrogens with one attached hydrogen (secondary N) is 3. The van der Waals surface area contributed by atoms with Gasteiger partial charge < -0.3 is 5.11 Å². The summed E-state index contributed by atoms with van der Waals surface area (Å²) in [5.74, 6) is -0.991. The molecule has 1 aliphatic rings. The van der Waals surface area contributed by atoms with Crippen molar-refractivity contribution in [2.24, 2.45) is 0 Å². The van der Waals surface area contributed by atoms with Gasteiger partial charge in [0, 0.05) is 0 Å². The van der Waals surface area contributed by atoms with Crippen LogP contribution in [0.15, 0.2) is 11.0 Å². The number of nitrogens with zero attached hydrogens (tertiary/aromatic N) is 4. The molecule has 0 saturated carbocycles. The number of hydrogen-bond donors (Lipinski definition) is 4. The fraction of sp³-hybridized carbons (Fsp3) is 0. The maximum atomic E-state index is 11.7. The Morgan fingerprint density at radius 1 is 1.42 bits per heavy atom. The minimum Gasteiger partial charge on any atom is -0.477 e. The Bertz CT molecular complexity index is 811. The third-order valence-electron chi connectivity index (χ3n) is 2.35. The summed E-state index contributed by atoms with van der Waals surface area (Å²) in [4.78, 5) is 22.5. The average Bonchev–Trinajstić information content (AvgIpc) is 2.74. The number of aromatic carboxylic acids is 1. The summed E-state index contributed by atoms with van der Waals surface area (Å²) in [6, 6.07) is 0. The molecule has 0 aliphatic carbocycles. The van der Waals surface area contributed by atoms with E-state index >= 15 is 0 Å². The van der Waals surface area contributed by atoms with Crippen LogP contribution in [0.3, 0.4) is 0 Å². The monoisotopic (exact) mass is 279 g/mol. The lowest BCUT2D eigenvalue weighted by Crippen LogP contribution is -2.26. The first-order chi connectivity index (χ1) is 9.08. The standard InChI is InChI=1S/C8H5N7O3S/c9-8-14-13-5(16)3-6(19-8)15-4(12-11-3)2(1-10-15)7(17)18/h1,9,11-12H,(H,17,18). The number of aromatic nitrogens is 4. The summed E-state index contributed by atoms with van der Waals surface area (Å²) in [5.41, 5.74) is 4.45. The normalized spacial score (nSPS) is 11.8. The Balaban J connectivity index is 2.37. The van der Waals surface area contributed by atoms with E-state index in [-0.39, 0.29) is 26.9 Å². The van der Waals surface area contributed by atoms with Crippen LogP contribution in [0.25, 0.3) is 5.00 Å². The molecule has 0 bridgehead atoms. The highest BCUT2D eigenvalue weighted by atomic mass is 32.1. The van der Waals surface area contributed by atoms with E-state index in [0.29, 0.717) is 0 Å². The number of hydrogen-bond acceptors (Lipinski definition) is 9. The molecule has 19 heavy (non-hydrogen) atoms. The van der Waals surface area contributed by atoms with Gasteiger partial charge in [0.1, 0.15) is 5.56 Å². The molecule has 0 atom stereocenters. The van der Waals surface area contributed by atoms with Gasteiger partial charge in [0.25, 0.3) is 0 Å². The van der Waals surface area contributed by atoms with Crippen LogP contribution in [0.5, 0.6) is 0 Å². The Hall–Kier alpha value is -2.82. The summed E-state index contributed by atoms with van der Waals surface area (Å²) >= 11 is 0.849. The molecule has 2 aromatic rings. The SMILES string of the molecule is N=c1nnc(=O)c2c(s1)-n1ncc(C(=O)O)c1NN2. The van der Waals surface area contributed by atoms with Gasteiger partial charge in [0.15, 0.2) is 16.5 Å². The molecule has 10 nitrogen and oxygen atoms in total. The van der Waals surface area contributed by atoms with Crippen molar-refractivity contribution in [2.75, 3.05) is 10.9 Å². The van der Waals surface area contributed by atoms with Crippen LogP contribution in [-0.4, -0.2) is 31.1 Å². The summed E-state index contributed by atoms with van der Waals surface area (Å²) in [6.45, 7) is 0. The van der Waals surface area contributed by atoms with Crippen LogP contribution in [-0.2, 0) is 0 Å². The van der Waals surface area contributed by atoms with Gasteiger partial charge in [-0.05, 0) is 0 Å². The van der Waals surface area contributed by atoms with Crippen LogP contribution in [0, 0.1) is 5.41 Å². The van der Waals surface area contributed by atoms with Gasteiger partial charge in [-0.1, -0.05) is 11.3 Å². The topological polar surface area (TPSA) is 146 Å². The number of rotatable bonds is 1. The zero-order chi connectivity index (χ0) is 13.6. The summed E-state index contributed by atoms with van der Waals surface area (Å²) in [7, 11) is 0. The highest BCUT2D eigenvalue weighted by Crippen LogP contribution is 2.28. The molecule has 0 fully saturated rings. The molecule has 3 rings (SSSR count). The first kappa shape index (κ1) is 11.3. The zero-order valence-corrected chi connectivity index (χ0v) is 9.85. The van der Waals surface area contributed by atoms with Crippen LogP contribution >= 0.6 is 11.3 Å². The largest absolute Gasteiger partial charge is 0.477 e. The second kappa shape index (κ2) is 3.84. The smallest absolute Gasteiger partial charge is 0.341 e. The van der Waals surface area contributed by atoms with Crippen LogP contribution in [0.2, 0.25) is 0 Å². The summed E-state index contributed by atoms with van der Waals surface area (Å²) in [6.07, 6.45) is 1.15. The van der Waals surface area contributed by atoms with Crippen molar-refractivity contribution in [1.29, 1.82) is 5.41 Å². The van der Waals surface area contributed by atoms with E-state index in [1.807, 2.05) is 0 Å². The van der Waals surface area contributed by atoms with E-state index in [0.717, 1.165) is 17.5 Å². The second-order valence-corrected chi connectivity index (χ2v) is 4.44. The molecule has 96 valence electrons. The maximum Gasteiger partial charge on any atom is 0.341 e. The number of hydrazine groups is 1.